The first-order chi connectivity index (χ1) is 18.6. The normalized spacial score (nSPS) is 29.3. The van der Waals surface area contributed by atoms with Gasteiger partial charge in [0.2, 0.25) is 0 Å². The fourth-order valence-corrected chi connectivity index (χ4v) is 8.56. The summed E-state index contributed by atoms with van der Waals surface area (Å²) in [7, 11) is 0. The van der Waals surface area contributed by atoms with E-state index in [1.807, 2.05) is 49.1 Å². The maximum absolute atomic E-state index is 12.4. The molecule has 2 aliphatic rings. The molecule has 1 unspecified atom stereocenters. The minimum Gasteiger partial charge on any atom is -0.393 e. The number of epoxide rings is 1. The van der Waals surface area contributed by atoms with Crippen molar-refractivity contribution in [2.75, 3.05) is 25.4 Å². The number of unbranched alkanes of at least 4 members (excludes halogenated alkanes) is 6. The summed E-state index contributed by atoms with van der Waals surface area (Å²) in [5.41, 5.74) is 0.878. The van der Waals surface area contributed by atoms with Gasteiger partial charge in [0.1, 0.15) is 9.52 Å². The van der Waals surface area contributed by atoms with Gasteiger partial charge in [0.05, 0.1) is 37.1 Å². The monoisotopic (exact) mass is 606 g/mol. The van der Waals surface area contributed by atoms with Crippen molar-refractivity contribution in [3.05, 3.63) is 11.6 Å². The van der Waals surface area contributed by atoms with E-state index in [0.717, 1.165) is 18.4 Å². The van der Waals surface area contributed by atoms with E-state index in [-0.39, 0.29) is 29.8 Å². The molecule has 9 heteroatoms. The van der Waals surface area contributed by atoms with Crippen LogP contribution < -0.4 is 0 Å². The van der Waals surface area contributed by atoms with E-state index in [0.29, 0.717) is 29.3 Å². The molecule has 6 nitrogen and oxygen atoms in total. The van der Waals surface area contributed by atoms with Gasteiger partial charge in [-0.25, -0.2) is 0 Å². The number of aliphatic hydroxyl groups is 3. The van der Waals surface area contributed by atoms with Gasteiger partial charge in [0.15, 0.2) is 5.78 Å². The third-order valence-corrected chi connectivity index (χ3v) is 13.9. The van der Waals surface area contributed by atoms with Crippen molar-refractivity contribution in [1.29, 1.82) is 0 Å². The van der Waals surface area contributed by atoms with Crippen LogP contribution in [0.25, 0.3) is 0 Å². The van der Waals surface area contributed by atoms with Crippen molar-refractivity contribution in [3.63, 3.8) is 0 Å². The lowest BCUT2D eigenvalue weighted by Crippen LogP contribution is -2.50. The zero-order valence-corrected chi connectivity index (χ0v) is 27.4. The van der Waals surface area contributed by atoms with Crippen molar-refractivity contribution in [2.24, 2.45) is 11.8 Å². The minimum atomic E-state index is -0.993. The predicted octanol–water partition coefficient (Wildman–Crippen LogP) is 6.06. The van der Waals surface area contributed by atoms with Crippen LogP contribution in [0.1, 0.15) is 91.4 Å². The molecule has 0 radical (unpaired) electrons. The topological polar surface area (TPSA) is 99.5 Å². The van der Waals surface area contributed by atoms with Crippen molar-refractivity contribution >= 4 is 41.1 Å². The van der Waals surface area contributed by atoms with Gasteiger partial charge in [0.25, 0.3) is 0 Å². The van der Waals surface area contributed by atoms with Gasteiger partial charge in [0, 0.05) is 18.3 Å². The highest BCUT2D eigenvalue weighted by Gasteiger charge is 2.48. The van der Waals surface area contributed by atoms with Crippen LogP contribution in [0, 0.1) is 11.8 Å². The summed E-state index contributed by atoms with van der Waals surface area (Å²) in [5, 5.41) is 31.1. The largest absolute Gasteiger partial charge is 0.393 e. The summed E-state index contributed by atoms with van der Waals surface area (Å²) in [6.45, 7) is 5.97. The maximum Gasteiger partial charge on any atom is 0.155 e. The predicted molar refractivity (Wildman–Crippen MR) is 168 cm³/mol. The van der Waals surface area contributed by atoms with E-state index < -0.39 is 24.4 Å². The summed E-state index contributed by atoms with van der Waals surface area (Å²) >= 11 is 5.89. The first-order valence-electron chi connectivity index (χ1n) is 14.7. The number of rotatable bonds is 20. The van der Waals surface area contributed by atoms with Gasteiger partial charge in [-0.2, -0.15) is 0 Å². The smallest absolute Gasteiger partial charge is 0.155 e. The molecular weight excluding hydrogens is 553 g/mol. The number of hydrogen-bond acceptors (Lipinski definition) is 9. The average Bonchev–Trinajstić information content (AvgIpc) is 3.68. The fourth-order valence-electron chi connectivity index (χ4n) is 5.52. The van der Waals surface area contributed by atoms with E-state index in [1.165, 1.54) is 38.5 Å². The van der Waals surface area contributed by atoms with Gasteiger partial charge in [-0.15, -0.1) is 35.3 Å². The first-order valence-corrected chi connectivity index (χ1v) is 18.4. The number of carbonyl (C=O) groups is 1. The molecule has 2 aliphatic heterocycles. The van der Waals surface area contributed by atoms with Crippen LogP contribution in [0.3, 0.4) is 0 Å². The molecule has 2 heterocycles. The van der Waals surface area contributed by atoms with Crippen LogP contribution in [-0.4, -0.2) is 86.5 Å². The third kappa shape index (κ3) is 11.8. The SMILES string of the molecule is CSC(CCCCCCCCCC(=O)/C=C(\C)C[C@@H]1OCC(C[C@@H]2O[C@H]2[C@@H](C)[C@H](C)O)[C@@H](O)[C@H]1O)(SC)SC. The zero-order valence-electron chi connectivity index (χ0n) is 25.0. The number of ether oxygens (including phenoxy) is 2. The van der Waals surface area contributed by atoms with Crippen molar-refractivity contribution in [2.45, 2.75) is 131 Å². The Morgan fingerprint density at radius 3 is 2.13 bits per heavy atom. The van der Waals surface area contributed by atoms with E-state index >= 15 is 0 Å². The first kappa shape index (κ1) is 35.5. The minimum absolute atomic E-state index is 0.00118. The molecule has 2 saturated heterocycles. The summed E-state index contributed by atoms with van der Waals surface area (Å²) in [6.07, 6.45) is 16.6. The molecule has 0 spiro atoms. The fraction of sp³-hybridized carbons (Fsp3) is 0.900. The molecule has 0 bridgehead atoms. The number of ketones is 1. The maximum atomic E-state index is 12.4. The molecule has 228 valence electrons. The number of hydrogen-bond donors (Lipinski definition) is 3. The van der Waals surface area contributed by atoms with Crippen LogP contribution >= 0.6 is 35.3 Å². The molecule has 8 atom stereocenters. The van der Waals surface area contributed by atoms with Gasteiger partial charge >= 0.3 is 0 Å². The zero-order chi connectivity index (χ0) is 29.0. The average molecular weight is 607 g/mol. The van der Waals surface area contributed by atoms with Gasteiger partial charge in [-0.1, -0.05) is 51.0 Å². The summed E-state index contributed by atoms with van der Waals surface area (Å²) in [4.78, 5) is 12.4. The molecule has 0 aromatic heterocycles. The van der Waals surface area contributed by atoms with Gasteiger partial charge in [-0.3, -0.25) is 4.79 Å². The van der Waals surface area contributed by atoms with E-state index in [4.69, 9.17) is 9.47 Å². The quantitative estimate of drug-likeness (QED) is 0.0661. The highest BCUT2D eigenvalue weighted by Crippen LogP contribution is 2.47. The van der Waals surface area contributed by atoms with Gasteiger partial charge in [-0.05, 0) is 64.4 Å². The van der Waals surface area contributed by atoms with Crippen molar-refractivity contribution in [1.82, 2.24) is 0 Å². The van der Waals surface area contributed by atoms with Crippen LogP contribution in [0.15, 0.2) is 11.6 Å². The van der Waals surface area contributed by atoms with E-state index in [1.54, 1.807) is 13.0 Å². The van der Waals surface area contributed by atoms with Crippen molar-refractivity contribution in [3.8, 4) is 0 Å². The lowest BCUT2D eigenvalue weighted by molar-refractivity contribution is -0.165. The van der Waals surface area contributed by atoms with Gasteiger partial charge < -0.3 is 24.8 Å². The van der Waals surface area contributed by atoms with Crippen molar-refractivity contribution < 1.29 is 29.6 Å². The molecule has 3 N–H and O–H groups in total. The van der Waals surface area contributed by atoms with Crippen LogP contribution in [0.4, 0.5) is 0 Å². The lowest BCUT2D eigenvalue weighted by Gasteiger charge is -2.38. The molecule has 0 saturated carbocycles. The summed E-state index contributed by atoms with van der Waals surface area (Å²) in [5.74, 6) is -0.0313. The Balaban J connectivity index is 1.58. The van der Waals surface area contributed by atoms with Crippen LogP contribution in [0.5, 0.6) is 0 Å². The Morgan fingerprint density at radius 2 is 1.54 bits per heavy atom. The van der Waals surface area contributed by atoms with Crippen LogP contribution in [-0.2, 0) is 14.3 Å². The Labute approximate surface area is 250 Å². The summed E-state index contributed by atoms with van der Waals surface area (Å²) in [6, 6.07) is 0. The second-order valence-corrected chi connectivity index (χ2v) is 15.6. The standard InChI is InChI=1S/C30H54O6S3/c1-20(16-24(32)14-12-10-8-7-9-11-13-15-30(37-4,38-5)39-6)17-25-28(34)27(33)23(19-35-25)18-26-29(36-26)21(2)22(3)31/h16,21-23,25-29,31,33-34H,7-15,17-19H2,1-6H3/b20-16+/t21-,22-,23?,25-,26-,27+,28-,29-/m0/s1. The molecule has 0 aromatic carbocycles. The Hall–Kier alpha value is 0.260. The molecular formula is C30H54O6S3. The number of thioether (sulfide) groups is 3. The lowest BCUT2D eigenvalue weighted by atomic mass is 9.85. The van der Waals surface area contributed by atoms with E-state index in [2.05, 4.69) is 18.8 Å². The Bertz CT molecular complexity index is 736. The Kier molecular flexibility index (Phi) is 16.4. The molecule has 0 amide bonds. The Morgan fingerprint density at radius 1 is 0.949 bits per heavy atom. The van der Waals surface area contributed by atoms with Crippen LogP contribution in [0.2, 0.25) is 0 Å². The molecule has 39 heavy (non-hydrogen) atoms. The second-order valence-electron chi connectivity index (χ2n) is 11.5. The van der Waals surface area contributed by atoms with E-state index in [9.17, 15) is 20.1 Å². The number of carbonyl (C=O) groups excluding carboxylic acids is 1. The third-order valence-electron chi connectivity index (χ3n) is 8.44. The summed E-state index contributed by atoms with van der Waals surface area (Å²) < 4.78 is 11.9. The number of aliphatic hydroxyl groups excluding tert-OH is 3. The molecule has 2 fully saturated rings. The highest BCUT2D eigenvalue weighted by molar-refractivity contribution is 8.33. The molecule has 2 rings (SSSR count). The number of allylic oxidation sites excluding steroid dienone is 1. The highest BCUT2D eigenvalue weighted by atomic mass is 32.3. The molecule has 0 aromatic rings. The second kappa shape index (κ2) is 18.0. The molecule has 0 aliphatic carbocycles.